The highest BCUT2D eigenvalue weighted by atomic mass is 15.1. The van der Waals surface area contributed by atoms with Crippen molar-refractivity contribution in [2.75, 3.05) is 6.54 Å². The number of hydrogen-bond donors (Lipinski definition) is 1. The number of aromatic nitrogens is 2. The third kappa shape index (κ3) is 2.09. The van der Waals surface area contributed by atoms with Crippen molar-refractivity contribution >= 4 is 0 Å². The van der Waals surface area contributed by atoms with Crippen LogP contribution in [0.25, 0.3) is 0 Å². The Bertz CT molecular complexity index is 422. The van der Waals surface area contributed by atoms with E-state index in [1.165, 1.54) is 49.3 Å². The molecule has 1 aromatic rings. The maximum absolute atomic E-state index is 4.79. The zero-order chi connectivity index (χ0) is 12.5. The minimum Gasteiger partial charge on any atom is -0.329 e. The largest absolute Gasteiger partial charge is 0.329 e. The van der Waals surface area contributed by atoms with Crippen LogP contribution in [0.2, 0.25) is 0 Å². The van der Waals surface area contributed by atoms with Gasteiger partial charge in [-0.1, -0.05) is 26.2 Å². The number of imidazole rings is 1. The van der Waals surface area contributed by atoms with Crippen molar-refractivity contribution in [3.05, 3.63) is 17.2 Å². The van der Waals surface area contributed by atoms with E-state index in [0.29, 0.717) is 6.04 Å². The fourth-order valence-corrected chi connectivity index (χ4v) is 3.77. The van der Waals surface area contributed by atoms with Crippen LogP contribution in [0.5, 0.6) is 0 Å². The molecule has 1 fully saturated rings. The summed E-state index contributed by atoms with van der Waals surface area (Å²) in [5, 5.41) is 3.43. The summed E-state index contributed by atoms with van der Waals surface area (Å²) in [5.74, 6) is 2.04. The molecule has 2 atom stereocenters. The summed E-state index contributed by atoms with van der Waals surface area (Å²) in [7, 11) is 0. The van der Waals surface area contributed by atoms with Gasteiger partial charge in [0.1, 0.15) is 5.82 Å². The number of hydrogen-bond acceptors (Lipinski definition) is 2. The molecule has 0 spiro atoms. The van der Waals surface area contributed by atoms with Gasteiger partial charge in [0.25, 0.3) is 0 Å². The summed E-state index contributed by atoms with van der Waals surface area (Å²) in [6.45, 7) is 6.70. The first-order valence-corrected chi connectivity index (χ1v) is 7.54. The maximum Gasteiger partial charge on any atom is 0.106 e. The van der Waals surface area contributed by atoms with Gasteiger partial charge in [-0.15, -0.1) is 0 Å². The highest BCUT2D eigenvalue weighted by molar-refractivity contribution is 5.21. The van der Waals surface area contributed by atoms with E-state index >= 15 is 0 Å². The molecule has 0 bridgehead atoms. The summed E-state index contributed by atoms with van der Waals surface area (Å²) in [5.41, 5.74) is 2.82. The molecule has 1 aromatic heterocycles. The molecular formula is C15H25N3. The van der Waals surface area contributed by atoms with Gasteiger partial charge >= 0.3 is 0 Å². The Morgan fingerprint density at radius 3 is 2.94 bits per heavy atom. The van der Waals surface area contributed by atoms with Crippen LogP contribution in [0.15, 0.2) is 0 Å². The quantitative estimate of drug-likeness (QED) is 0.773. The van der Waals surface area contributed by atoms with Crippen molar-refractivity contribution in [1.82, 2.24) is 14.9 Å². The lowest BCUT2D eigenvalue weighted by molar-refractivity contribution is 0.320. The molecule has 100 valence electrons. The molecule has 2 heterocycles. The van der Waals surface area contributed by atoms with E-state index in [-0.39, 0.29) is 0 Å². The summed E-state index contributed by atoms with van der Waals surface area (Å²) < 4.78 is 2.59. The van der Waals surface area contributed by atoms with Crippen LogP contribution in [0.1, 0.15) is 62.3 Å². The molecule has 3 rings (SSSR count). The number of rotatable bonds is 1. The predicted octanol–water partition coefficient (Wildman–Crippen LogP) is 2.98. The number of nitrogens with zero attached hydrogens (tertiary/aromatic N) is 2. The third-order valence-corrected chi connectivity index (χ3v) is 4.75. The molecule has 3 nitrogen and oxygen atoms in total. The first kappa shape index (κ1) is 12.2. The standard InChI is InChI=1S/C15H25N3/c1-11-6-4-3-5-7-14(11)18-12(2)17-13-10-16-9-8-15(13)18/h11,14,16H,3-10H2,1-2H3. The Hall–Kier alpha value is -0.830. The molecular weight excluding hydrogens is 222 g/mol. The zero-order valence-corrected chi connectivity index (χ0v) is 11.7. The molecule has 0 saturated heterocycles. The van der Waals surface area contributed by atoms with E-state index in [4.69, 9.17) is 4.98 Å². The predicted molar refractivity (Wildman–Crippen MR) is 73.7 cm³/mol. The molecule has 0 amide bonds. The van der Waals surface area contributed by atoms with Crippen molar-refractivity contribution in [1.29, 1.82) is 0 Å². The Balaban J connectivity index is 1.96. The lowest BCUT2D eigenvalue weighted by Crippen LogP contribution is -2.27. The molecule has 1 saturated carbocycles. The molecule has 0 aromatic carbocycles. The Morgan fingerprint density at radius 1 is 1.22 bits per heavy atom. The molecule has 0 radical (unpaired) electrons. The van der Waals surface area contributed by atoms with Gasteiger partial charge in [-0.3, -0.25) is 0 Å². The van der Waals surface area contributed by atoms with Crippen LogP contribution in [0.4, 0.5) is 0 Å². The Morgan fingerprint density at radius 2 is 2.06 bits per heavy atom. The normalized spacial score (nSPS) is 28.8. The van der Waals surface area contributed by atoms with E-state index in [2.05, 4.69) is 23.7 Å². The molecule has 1 aliphatic carbocycles. The van der Waals surface area contributed by atoms with E-state index in [1.807, 2.05) is 0 Å². The lowest BCUT2D eigenvalue weighted by atomic mass is 9.96. The molecule has 2 aliphatic rings. The van der Waals surface area contributed by atoms with Crippen LogP contribution in [-0.4, -0.2) is 16.1 Å². The second-order valence-corrected chi connectivity index (χ2v) is 6.03. The number of nitrogens with one attached hydrogen (secondary N) is 1. The minimum absolute atomic E-state index is 0.696. The van der Waals surface area contributed by atoms with Gasteiger partial charge in [-0.25, -0.2) is 4.98 Å². The van der Waals surface area contributed by atoms with Crippen molar-refractivity contribution in [2.45, 2.75) is 65.0 Å². The van der Waals surface area contributed by atoms with Gasteiger partial charge in [0.2, 0.25) is 0 Å². The lowest BCUT2D eigenvalue weighted by Gasteiger charge is -2.27. The van der Waals surface area contributed by atoms with Crippen LogP contribution < -0.4 is 5.32 Å². The fraction of sp³-hybridized carbons (Fsp3) is 0.800. The monoisotopic (exact) mass is 247 g/mol. The average molecular weight is 247 g/mol. The van der Waals surface area contributed by atoms with Crippen molar-refractivity contribution in [3.63, 3.8) is 0 Å². The van der Waals surface area contributed by atoms with Gasteiger partial charge in [0.05, 0.1) is 5.69 Å². The number of aryl methyl sites for hydroxylation is 1. The summed E-state index contributed by atoms with van der Waals surface area (Å²) in [6.07, 6.45) is 8.10. The van der Waals surface area contributed by atoms with E-state index in [9.17, 15) is 0 Å². The molecule has 18 heavy (non-hydrogen) atoms. The van der Waals surface area contributed by atoms with Gasteiger partial charge in [0.15, 0.2) is 0 Å². The van der Waals surface area contributed by atoms with Crippen molar-refractivity contribution in [2.24, 2.45) is 5.92 Å². The van der Waals surface area contributed by atoms with E-state index < -0.39 is 0 Å². The third-order valence-electron chi connectivity index (χ3n) is 4.75. The summed E-state index contributed by atoms with van der Waals surface area (Å²) in [6, 6.07) is 0.696. The average Bonchev–Trinajstić information content (AvgIpc) is 2.55. The Labute approximate surface area is 110 Å². The maximum atomic E-state index is 4.79. The number of fused-ring (bicyclic) bond motifs is 1. The van der Waals surface area contributed by atoms with Crippen molar-refractivity contribution < 1.29 is 0 Å². The molecule has 2 unspecified atom stereocenters. The van der Waals surface area contributed by atoms with Crippen molar-refractivity contribution in [3.8, 4) is 0 Å². The van der Waals surface area contributed by atoms with Gasteiger partial charge in [-0.05, 0) is 25.7 Å². The van der Waals surface area contributed by atoms with Crippen LogP contribution in [-0.2, 0) is 13.0 Å². The molecule has 1 N–H and O–H groups in total. The van der Waals surface area contributed by atoms with E-state index in [1.54, 1.807) is 0 Å². The first-order chi connectivity index (χ1) is 8.77. The fourth-order valence-electron chi connectivity index (χ4n) is 3.77. The zero-order valence-electron chi connectivity index (χ0n) is 11.7. The van der Waals surface area contributed by atoms with Crippen LogP contribution in [0, 0.1) is 12.8 Å². The van der Waals surface area contributed by atoms with Gasteiger partial charge in [-0.2, -0.15) is 0 Å². The second-order valence-electron chi connectivity index (χ2n) is 6.03. The van der Waals surface area contributed by atoms with Crippen LogP contribution in [0.3, 0.4) is 0 Å². The van der Waals surface area contributed by atoms with Gasteiger partial charge < -0.3 is 9.88 Å². The van der Waals surface area contributed by atoms with Crippen LogP contribution >= 0.6 is 0 Å². The highest BCUT2D eigenvalue weighted by Crippen LogP contribution is 2.35. The molecule has 3 heteroatoms. The topological polar surface area (TPSA) is 29.9 Å². The summed E-state index contributed by atoms with van der Waals surface area (Å²) >= 11 is 0. The Kier molecular flexibility index (Phi) is 3.42. The van der Waals surface area contributed by atoms with E-state index in [0.717, 1.165) is 25.4 Å². The molecule has 1 aliphatic heterocycles. The summed E-state index contributed by atoms with van der Waals surface area (Å²) in [4.78, 5) is 4.79. The first-order valence-electron chi connectivity index (χ1n) is 7.54. The smallest absolute Gasteiger partial charge is 0.106 e. The SMILES string of the molecule is Cc1nc2c(n1C1CCCCCC1C)CCNC2. The van der Waals surface area contributed by atoms with Gasteiger partial charge in [0, 0.05) is 31.2 Å². The highest BCUT2D eigenvalue weighted by Gasteiger charge is 2.27. The minimum atomic E-state index is 0.696. The second kappa shape index (κ2) is 5.04.